The van der Waals surface area contributed by atoms with Gasteiger partial charge in [-0.3, -0.25) is 0 Å². The summed E-state index contributed by atoms with van der Waals surface area (Å²) in [6, 6.07) is 0. The Morgan fingerprint density at radius 3 is 2.50 bits per heavy atom. The fraction of sp³-hybridized carbons (Fsp3) is 0.889. The van der Waals surface area contributed by atoms with Crippen molar-refractivity contribution in [3.63, 3.8) is 0 Å². The van der Waals surface area contributed by atoms with Crippen molar-refractivity contribution < 1.29 is 4.79 Å². The summed E-state index contributed by atoms with van der Waals surface area (Å²) in [6.45, 7) is 0. The Bertz CT molecular complexity index is 130. The molecule has 1 aliphatic carbocycles. The highest BCUT2D eigenvalue weighted by atomic mass is 33.1. The first kappa shape index (κ1) is 10.5. The molecule has 0 aromatic carbocycles. The summed E-state index contributed by atoms with van der Waals surface area (Å²) in [5.74, 6) is 2.52. The molecule has 1 aliphatic rings. The molecule has 0 saturated heterocycles. The third kappa shape index (κ3) is 3.40. The summed E-state index contributed by atoms with van der Waals surface area (Å²) in [5, 5.41) is 0. The van der Waals surface area contributed by atoms with E-state index in [1.54, 1.807) is 0 Å². The van der Waals surface area contributed by atoms with Crippen molar-refractivity contribution in [2.24, 2.45) is 11.8 Å². The first-order chi connectivity index (χ1) is 5.86. The highest BCUT2D eigenvalue weighted by Crippen LogP contribution is 2.32. The van der Waals surface area contributed by atoms with Crippen molar-refractivity contribution in [2.75, 3.05) is 12.0 Å². The van der Waals surface area contributed by atoms with Gasteiger partial charge in [-0.2, -0.15) is 0 Å². The Morgan fingerprint density at radius 2 is 2.00 bits per heavy atom. The first-order valence-electron chi connectivity index (χ1n) is 4.47. The largest absolute Gasteiger partial charge is 0.303 e. The van der Waals surface area contributed by atoms with Crippen LogP contribution in [-0.2, 0) is 4.79 Å². The maximum atomic E-state index is 10.5. The Balaban J connectivity index is 2.12. The van der Waals surface area contributed by atoms with Crippen LogP contribution in [0.5, 0.6) is 0 Å². The van der Waals surface area contributed by atoms with Gasteiger partial charge in [0.25, 0.3) is 0 Å². The van der Waals surface area contributed by atoms with E-state index < -0.39 is 0 Å². The van der Waals surface area contributed by atoms with Crippen LogP contribution in [0, 0.1) is 11.8 Å². The molecule has 0 aliphatic heterocycles. The minimum absolute atomic E-state index is 0.375. The van der Waals surface area contributed by atoms with E-state index >= 15 is 0 Å². The lowest BCUT2D eigenvalue weighted by atomic mass is 9.84. The molecule has 1 nitrogen and oxygen atoms in total. The summed E-state index contributed by atoms with van der Waals surface area (Å²) in [7, 11) is 3.80. The van der Waals surface area contributed by atoms with Gasteiger partial charge in [0.1, 0.15) is 6.29 Å². The van der Waals surface area contributed by atoms with E-state index in [2.05, 4.69) is 6.26 Å². The molecular formula is C9H16OS2. The molecule has 0 radical (unpaired) electrons. The fourth-order valence-electron chi connectivity index (χ4n) is 1.66. The lowest BCUT2D eigenvalue weighted by Gasteiger charge is -2.24. The number of carbonyl (C=O) groups excluding carboxylic acids is 1. The van der Waals surface area contributed by atoms with Crippen LogP contribution in [-0.4, -0.2) is 18.3 Å². The van der Waals surface area contributed by atoms with E-state index in [1.165, 1.54) is 18.6 Å². The molecule has 0 amide bonds. The molecule has 0 atom stereocenters. The summed E-state index contributed by atoms with van der Waals surface area (Å²) in [4.78, 5) is 10.5. The average molecular weight is 204 g/mol. The molecule has 12 heavy (non-hydrogen) atoms. The van der Waals surface area contributed by atoms with Gasteiger partial charge in [0.05, 0.1) is 0 Å². The highest BCUT2D eigenvalue weighted by Gasteiger charge is 2.20. The van der Waals surface area contributed by atoms with Crippen LogP contribution < -0.4 is 0 Å². The summed E-state index contributed by atoms with van der Waals surface area (Å²) < 4.78 is 0. The Kier molecular flexibility index (Phi) is 5.16. The van der Waals surface area contributed by atoms with Crippen molar-refractivity contribution >= 4 is 27.9 Å². The minimum Gasteiger partial charge on any atom is -0.303 e. The quantitative estimate of drug-likeness (QED) is 0.517. The van der Waals surface area contributed by atoms with Crippen molar-refractivity contribution in [3.05, 3.63) is 0 Å². The van der Waals surface area contributed by atoms with Crippen LogP contribution in [0.4, 0.5) is 0 Å². The summed E-state index contributed by atoms with van der Waals surface area (Å²) in [6.07, 6.45) is 8.04. The molecule has 0 aromatic heterocycles. The molecule has 1 rings (SSSR count). The van der Waals surface area contributed by atoms with Gasteiger partial charge in [-0.25, -0.2) is 0 Å². The van der Waals surface area contributed by atoms with Gasteiger partial charge in [-0.15, -0.1) is 0 Å². The zero-order valence-corrected chi connectivity index (χ0v) is 9.13. The van der Waals surface area contributed by atoms with Crippen LogP contribution >= 0.6 is 21.6 Å². The van der Waals surface area contributed by atoms with Crippen LogP contribution in [0.15, 0.2) is 0 Å². The normalized spacial score (nSPS) is 30.1. The topological polar surface area (TPSA) is 17.1 Å². The van der Waals surface area contributed by atoms with Crippen LogP contribution in [0.2, 0.25) is 0 Å². The van der Waals surface area contributed by atoms with Crippen LogP contribution in [0.3, 0.4) is 0 Å². The van der Waals surface area contributed by atoms with Gasteiger partial charge in [0, 0.05) is 11.7 Å². The third-order valence-corrected chi connectivity index (χ3v) is 4.46. The van der Waals surface area contributed by atoms with Crippen molar-refractivity contribution in [1.29, 1.82) is 0 Å². The number of hydrogen-bond donors (Lipinski definition) is 0. The molecular weight excluding hydrogens is 188 g/mol. The van der Waals surface area contributed by atoms with Crippen molar-refractivity contribution in [2.45, 2.75) is 25.7 Å². The first-order valence-corrected chi connectivity index (χ1v) is 7.20. The summed E-state index contributed by atoms with van der Waals surface area (Å²) >= 11 is 0. The monoisotopic (exact) mass is 204 g/mol. The standard InChI is InChI=1S/C9H16OS2/c1-11-12-7-9-4-2-8(6-10)3-5-9/h6,8-9H,2-5,7H2,1H3. The molecule has 0 N–H and O–H groups in total. The number of aldehydes is 1. The Labute approximate surface area is 82.5 Å². The van der Waals surface area contributed by atoms with Crippen molar-refractivity contribution in [3.8, 4) is 0 Å². The van der Waals surface area contributed by atoms with Gasteiger partial charge < -0.3 is 4.79 Å². The van der Waals surface area contributed by atoms with E-state index in [9.17, 15) is 4.79 Å². The molecule has 70 valence electrons. The van der Waals surface area contributed by atoms with Gasteiger partial charge in [-0.05, 0) is 37.9 Å². The zero-order chi connectivity index (χ0) is 8.81. The third-order valence-electron chi connectivity index (χ3n) is 2.51. The van der Waals surface area contributed by atoms with E-state index in [1.807, 2.05) is 21.6 Å². The van der Waals surface area contributed by atoms with Gasteiger partial charge >= 0.3 is 0 Å². The van der Waals surface area contributed by atoms with Gasteiger partial charge in [-0.1, -0.05) is 21.6 Å². The van der Waals surface area contributed by atoms with Gasteiger partial charge in [0.2, 0.25) is 0 Å². The molecule has 0 bridgehead atoms. The number of carbonyl (C=O) groups is 1. The second kappa shape index (κ2) is 5.92. The minimum atomic E-state index is 0.375. The molecule has 0 aromatic rings. The smallest absolute Gasteiger partial charge is 0.123 e. The lowest BCUT2D eigenvalue weighted by Crippen LogP contribution is -2.16. The molecule has 0 spiro atoms. The second-order valence-corrected chi connectivity index (χ2v) is 5.98. The number of rotatable bonds is 4. The van der Waals surface area contributed by atoms with E-state index in [-0.39, 0.29) is 0 Å². The van der Waals surface area contributed by atoms with E-state index in [4.69, 9.17) is 0 Å². The molecule has 0 unspecified atom stereocenters. The molecule has 1 fully saturated rings. The van der Waals surface area contributed by atoms with E-state index in [0.717, 1.165) is 25.0 Å². The summed E-state index contributed by atoms with van der Waals surface area (Å²) in [5.41, 5.74) is 0. The predicted octanol–water partition coefficient (Wildman–Crippen LogP) is 3.00. The molecule has 3 heteroatoms. The lowest BCUT2D eigenvalue weighted by molar-refractivity contribution is -0.112. The highest BCUT2D eigenvalue weighted by molar-refractivity contribution is 8.76. The Hall–Kier alpha value is 0.370. The SMILES string of the molecule is CSSCC1CCC(C=O)CC1. The molecule has 0 heterocycles. The molecule has 1 saturated carbocycles. The number of hydrogen-bond acceptors (Lipinski definition) is 3. The Morgan fingerprint density at radius 1 is 1.33 bits per heavy atom. The van der Waals surface area contributed by atoms with E-state index in [0.29, 0.717) is 5.92 Å². The van der Waals surface area contributed by atoms with Gasteiger partial charge in [0.15, 0.2) is 0 Å². The van der Waals surface area contributed by atoms with Crippen LogP contribution in [0.25, 0.3) is 0 Å². The average Bonchev–Trinajstić information content (AvgIpc) is 2.15. The van der Waals surface area contributed by atoms with Crippen molar-refractivity contribution in [1.82, 2.24) is 0 Å². The predicted molar refractivity (Wildman–Crippen MR) is 57.5 cm³/mol. The van der Waals surface area contributed by atoms with Crippen LogP contribution in [0.1, 0.15) is 25.7 Å². The zero-order valence-electron chi connectivity index (χ0n) is 7.49. The second-order valence-electron chi connectivity index (χ2n) is 3.37. The maximum Gasteiger partial charge on any atom is 0.123 e. The fourth-order valence-corrected chi connectivity index (χ4v) is 3.30. The maximum absolute atomic E-state index is 10.5.